The highest BCUT2D eigenvalue weighted by Crippen LogP contribution is 2.43. The Morgan fingerprint density at radius 1 is 0.486 bits per heavy atom. The Kier molecular flexibility index (Phi) is 6.14. The molecule has 0 heterocycles. The van der Waals surface area contributed by atoms with Crippen molar-refractivity contribution >= 4 is 0 Å². The molecule has 0 fully saturated rings. The quantitative estimate of drug-likeness (QED) is 0.268. The van der Waals surface area contributed by atoms with Gasteiger partial charge in [0.15, 0.2) is 0 Å². The predicted octanol–water partition coefficient (Wildman–Crippen LogP) is 7.41. The summed E-state index contributed by atoms with van der Waals surface area (Å²) < 4.78 is 0. The third-order valence-electron chi connectivity index (χ3n) is 7.56. The topological polar surface area (TPSA) is 60.7 Å². The van der Waals surface area contributed by atoms with Crippen molar-refractivity contribution < 1.29 is 15.3 Å². The molecule has 0 aliphatic heterocycles. The van der Waals surface area contributed by atoms with Gasteiger partial charge in [-0.2, -0.15) is 0 Å². The fraction of sp³-hybridized carbons (Fsp3) is 0.250. The van der Waals surface area contributed by atoms with E-state index in [1.54, 1.807) is 12.1 Å². The van der Waals surface area contributed by atoms with E-state index in [-0.39, 0.29) is 16.9 Å². The number of phenols is 3. The fourth-order valence-corrected chi connectivity index (χ4v) is 4.98. The molecule has 0 unspecified atom stereocenters. The largest absolute Gasteiger partial charge is 0.508 e. The second kappa shape index (κ2) is 8.81. The van der Waals surface area contributed by atoms with Crippen molar-refractivity contribution in [3.63, 3.8) is 0 Å². The van der Waals surface area contributed by atoms with Gasteiger partial charge in [-0.25, -0.2) is 0 Å². The van der Waals surface area contributed by atoms with Crippen molar-refractivity contribution in [2.75, 3.05) is 0 Å². The zero-order valence-electron chi connectivity index (χ0n) is 21.3. The monoisotopic (exact) mass is 466 g/mol. The second-order valence-electron chi connectivity index (χ2n) is 10.4. The van der Waals surface area contributed by atoms with Crippen molar-refractivity contribution in [3.8, 4) is 17.2 Å². The standard InChI is InChI=1S/C32H34O3/c1-20-7-14-27(30(35)17-20)31(4,5)23-8-10-24(11-9-23)32(6,25-12-15-28(33)21(2)18-25)26-13-16-29(34)22(3)19-26/h7-19,33-35H,1-6H3. The van der Waals surface area contributed by atoms with Crippen LogP contribution in [0.4, 0.5) is 0 Å². The highest BCUT2D eigenvalue weighted by Gasteiger charge is 2.33. The Labute approximate surface area is 208 Å². The zero-order valence-corrected chi connectivity index (χ0v) is 21.3. The van der Waals surface area contributed by atoms with Gasteiger partial charge in [-0.1, -0.05) is 74.5 Å². The van der Waals surface area contributed by atoms with Gasteiger partial charge in [-0.05, 0) is 84.8 Å². The molecule has 0 aliphatic carbocycles. The molecule has 35 heavy (non-hydrogen) atoms. The molecule has 0 atom stereocenters. The Bertz CT molecular complexity index is 1330. The van der Waals surface area contributed by atoms with Gasteiger partial charge in [0.05, 0.1) is 0 Å². The maximum absolute atomic E-state index is 10.6. The summed E-state index contributed by atoms with van der Waals surface area (Å²) >= 11 is 0. The summed E-state index contributed by atoms with van der Waals surface area (Å²) in [6.45, 7) is 12.2. The number of aryl methyl sites for hydroxylation is 3. The van der Waals surface area contributed by atoms with Crippen LogP contribution >= 0.6 is 0 Å². The molecule has 0 aromatic heterocycles. The summed E-state index contributed by atoms with van der Waals surface area (Å²) in [5.41, 5.74) is 6.98. The highest BCUT2D eigenvalue weighted by atomic mass is 16.3. The molecule has 3 heteroatoms. The van der Waals surface area contributed by atoms with Crippen LogP contribution in [-0.2, 0) is 10.8 Å². The van der Waals surface area contributed by atoms with Gasteiger partial charge >= 0.3 is 0 Å². The van der Waals surface area contributed by atoms with Crippen LogP contribution in [0.2, 0.25) is 0 Å². The van der Waals surface area contributed by atoms with E-state index < -0.39 is 5.41 Å². The van der Waals surface area contributed by atoms with Crippen molar-refractivity contribution in [2.45, 2.75) is 52.4 Å². The van der Waals surface area contributed by atoms with E-state index in [9.17, 15) is 15.3 Å². The number of hydrogen-bond donors (Lipinski definition) is 3. The smallest absolute Gasteiger partial charge is 0.119 e. The average molecular weight is 467 g/mol. The van der Waals surface area contributed by atoms with Crippen molar-refractivity contribution in [2.24, 2.45) is 0 Å². The molecular formula is C32H34O3. The molecule has 4 rings (SSSR count). The van der Waals surface area contributed by atoms with Gasteiger partial charge in [-0.15, -0.1) is 0 Å². The number of benzene rings is 4. The van der Waals surface area contributed by atoms with Crippen LogP contribution < -0.4 is 0 Å². The molecule has 180 valence electrons. The summed E-state index contributed by atoms with van der Waals surface area (Å²) in [6.07, 6.45) is 0. The number of aromatic hydroxyl groups is 3. The zero-order chi connectivity index (χ0) is 25.5. The lowest BCUT2D eigenvalue weighted by atomic mass is 9.69. The molecule has 3 N–H and O–H groups in total. The first-order chi connectivity index (χ1) is 16.4. The second-order valence-corrected chi connectivity index (χ2v) is 10.4. The maximum atomic E-state index is 10.6. The Balaban J connectivity index is 1.85. The van der Waals surface area contributed by atoms with Gasteiger partial charge in [0.2, 0.25) is 0 Å². The lowest BCUT2D eigenvalue weighted by Gasteiger charge is -2.34. The van der Waals surface area contributed by atoms with Crippen LogP contribution in [0.25, 0.3) is 0 Å². The molecular weight excluding hydrogens is 432 g/mol. The molecule has 0 saturated heterocycles. The Morgan fingerprint density at radius 3 is 1.40 bits per heavy atom. The molecule has 0 amide bonds. The van der Waals surface area contributed by atoms with E-state index in [4.69, 9.17) is 0 Å². The van der Waals surface area contributed by atoms with Gasteiger partial charge < -0.3 is 15.3 Å². The third kappa shape index (κ3) is 4.27. The molecule has 0 aliphatic rings. The Morgan fingerprint density at radius 2 is 0.943 bits per heavy atom. The fourth-order valence-electron chi connectivity index (χ4n) is 4.98. The lowest BCUT2D eigenvalue weighted by Crippen LogP contribution is -2.26. The van der Waals surface area contributed by atoms with Crippen molar-refractivity contribution in [1.82, 2.24) is 0 Å². The molecule has 0 bridgehead atoms. The van der Waals surface area contributed by atoms with Crippen LogP contribution in [-0.4, -0.2) is 15.3 Å². The molecule has 4 aromatic carbocycles. The first kappa shape index (κ1) is 24.4. The van der Waals surface area contributed by atoms with Crippen molar-refractivity contribution in [3.05, 3.63) is 123 Å². The summed E-state index contributed by atoms with van der Waals surface area (Å²) in [7, 11) is 0. The highest BCUT2D eigenvalue weighted by molar-refractivity contribution is 5.55. The molecule has 0 radical (unpaired) electrons. The van der Waals surface area contributed by atoms with Crippen LogP contribution in [0.1, 0.15) is 65.3 Å². The predicted molar refractivity (Wildman–Crippen MR) is 143 cm³/mol. The Hall–Kier alpha value is -3.72. The average Bonchev–Trinajstić information content (AvgIpc) is 2.82. The van der Waals surface area contributed by atoms with Crippen molar-refractivity contribution in [1.29, 1.82) is 0 Å². The minimum atomic E-state index is -0.508. The number of phenolic OH excluding ortho intramolecular Hbond substituents is 3. The van der Waals surface area contributed by atoms with Gasteiger partial charge in [-0.3, -0.25) is 0 Å². The number of rotatable bonds is 5. The summed E-state index contributed by atoms with van der Waals surface area (Å²) in [5.74, 6) is 0.851. The summed E-state index contributed by atoms with van der Waals surface area (Å²) in [6, 6.07) is 25.9. The minimum Gasteiger partial charge on any atom is -0.508 e. The van der Waals surface area contributed by atoms with E-state index in [0.717, 1.165) is 44.5 Å². The van der Waals surface area contributed by atoms with E-state index in [1.165, 1.54) is 0 Å². The minimum absolute atomic E-state index is 0.271. The number of hydrogen-bond acceptors (Lipinski definition) is 3. The van der Waals surface area contributed by atoms with Gasteiger partial charge in [0.25, 0.3) is 0 Å². The van der Waals surface area contributed by atoms with Gasteiger partial charge in [0, 0.05) is 16.4 Å². The van der Waals surface area contributed by atoms with Crippen LogP contribution in [0, 0.1) is 20.8 Å². The summed E-state index contributed by atoms with van der Waals surface area (Å²) in [5, 5.41) is 30.9. The summed E-state index contributed by atoms with van der Waals surface area (Å²) in [4.78, 5) is 0. The maximum Gasteiger partial charge on any atom is 0.119 e. The third-order valence-corrected chi connectivity index (χ3v) is 7.56. The SMILES string of the molecule is Cc1ccc(C(C)(C)c2ccc(C(C)(c3ccc(O)c(C)c3)c3ccc(O)c(C)c3)cc2)c(O)c1. The van der Waals surface area contributed by atoms with E-state index in [2.05, 4.69) is 45.0 Å². The van der Waals surface area contributed by atoms with E-state index in [1.807, 2.05) is 63.2 Å². The lowest BCUT2D eigenvalue weighted by molar-refractivity contribution is 0.452. The van der Waals surface area contributed by atoms with Crippen LogP contribution in [0.5, 0.6) is 17.2 Å². The molecule has 0 spiro atoms. The normalized spacial score (nSPS) is 12.1. The molecule has 4 aromatic rings. The van der Waals surface area contributed by atoms with Crippen LogP contribution in [0.3, 0.4) is 0 Å². The van der Waals surface area contributed by atoms with E-state index in [0.29, 0.717) is 5.75 Å². The van der Waals surface area contributed by atoms with Crippen LogP contribution in [0.15, 0.2) is 78.9 Å². The molecule has 3 nitrogen and oxygen atoms in total. The first-order valence-corrected chi connectivity index (χ1v) is 12.0. The van der Waals surface area contributed by atoms with Gasteiger partial charge in [0.1, 0.15) is 17.2 Å². The molecule has 0 saturated carbocycles. The van der Waals surface area contributed by atoms with E-state index >= 15 is 0 Å². The first-order valence-electron chi connectivity index (χ1n) is 12.0.